The Labute approximate surface area is 181 Å². The molecule has 1 heterocycles. The number of allylic oxidation sites excluding steroid dienone is 4. The van der Waals surface area contributed by atoms with E-state index in [0.29, 0.717) is 17.3 Å². The maximum Gasteiger partial charge on any atom is 0.302 e. The summed E-state index contributed by atoms with van der Waals surface area (Å²) in [6, 6.07) is 2.14. The highest BCUT2D eigenvalue weighted by Gasteiger charge is 2.56. The average Bonchev–Trinajstić information content (AvgIpc) is 3.05. The third-order valence-corrected chi connectivity index (χ3v) is 9.32. The number of rotatable bonds is 2. The molecule has 1 aromatic heterocycles. The first-order valence-electron chi connectivity index (χ1n) is 11.8. The van der Waals surface area contributed by atoms with Gasteiger partial charge in [-0.25, -0.2) is 0 Å². The summed E-state index contributed by atoms with van der Waals surface area (Å²) in [6.07, 6.45) is 17.3. The van der Waals surface area contributed by atoms with Crippen molar-refractivity contribution in [1.82, 2.24) is 4.98 Å². The summed E-state index contributed by atoms with van der Waals surface area (Å²) >= 11 is 0. The van der Waals surface area contributed by atoms with Gasteiger partial charge in [-0.2, -0.15) is 0 Å². The van der Waals surface area contributed by atoms with Gasteiger partial charge in [-0.05, 0) is 97.8 Å². The van der Waals surface area contributed by atoms with E-state index < -0.39 is 0 Å². The molecule has 0 aromatic carbocycles. The summed E-state index contributed by atoms with van der Waals surface area (Å²) in [7, 11) is 0. The lowest BCUT2D eigenvalue weighted by atomic mass is 9.46. The van der Waals surface area contributed by atoms with Crippen LogP contribution in [0.3, 0.4) is 0 Å². The van der Waals surface area contributed by atoms with Crippen molar-refractivity contribution in [2.45, 2.75) is 78.7 Å². The van der Waals surface area contributed by atoms with Crippen LogP contribution in [0.2, 0.25) is 0 Å². The Bertz CT molecular complexity index is 931. The van der Waals surface area contributed by atoms with Crippen LogP contribution in [0.1, 0.15) is 76.8 Å². The van der Waals surface area contributed by atoms with Crippen LogP contribution in [-0.2, 0) is 9.53 Å². The molecule has 1 aromatic rings. The van der Waals surface area contributed by atoms with Crippen molar-refractivity contribution in [2.75, 3.05) is 0 Å². The fourth-order valence-corrected chi connectivity index (χ4v) is 7.69. The Morgan fingerprint density at radius 1 is 1.13 bits per heavy atom. The van der Waals surface area contributed by atoms with Crippen molar-refractivity contribution < 1.29 is 9.53 Å². The number of fused-ring (bicyclic) bond motifs is 5. The second kappa shape index (κ2) is 7.07. The van der Waals surface area contributed by atoms with Crippen molar-refractivity contribution in [2.24, 2.45) is 28.6 Å². The minimum absolute atomic E-state index is 0.119. The van der Waals surface area contributed by atoms with Crippen molar-refractivity contribution in [3.63, 3.8) is 0 Å². The number of aromatic nitrogens is 1. The van der Waals surface area contributed by atoms with Gasteiger partial charge >= 0.3 is 5.97 Å². The van der Waals surface area contributed by atoms with Crippen molar-refractivity contribution in [3.05, 3.63) is 47.3 Å². The number of pyridine rings is 1. The normalized spacial score (nSPS) is 39.9. The molecular weight excluding hydrogens is 370 g/mol. The molecule has 0 saturated heterocycles. The van der Waals surface area contributed by atoms with Gasteiger partial charge in [0.2, 0.25) is 0 Å². The topological polar surface area (TPSA) is 39.2 Å². The summed E-state index contributed by atoms with van der Waals surface area (Å²) < 4.78 is 5.62. The van der Waals surface area contributed by atoms with Crippen LogP contribution in [0.15, 0.2) is 36.2 Å². The molecule has 3 heteroatoms. The molecule has 3 unspecified atom stereocenters. The third-order valence-electron chi connectivity index (χ3n) is 9.32. The monoisotopic (exact) mass is 405 g/mol. The van der Waals surface area contributed by atoms with Crippen LogP contribution < -0.4 is 0 Å². The smallest absolute Gasteiger partial charge is 0.302 e. The standard InChI is InChI=1S/C27H35NO2/c1-17-11-14-28-16-22(17)24-8-7-23-21-6-5-19-15-20(30-18(2)29)9-12-26(19,3)25(21)10-13-27(23,24)4/h7-8,11,14,16,19-21,25H,5-6,9-10,12-13,15H2,1-4H3/t19?,20-,21?,25?,26-,27-/m0/s1. The van der Waals surface area contributed by atoms with Crippen molar-refractivity contribution in [1.29, 1.82) is 0 Å². The Morgan fingerprint density at radius 3 is 2.73 bits per heavy atom. The molecule has 0 amide bonds. The van der Waals surface area contributed by atoms with Crippen LogP contribution in [0.25, 0.3) is 5.57 Å². The molecule has 4 aliphatic carbocycles. The molecule has 0 radical (unpaired) electrons. The molecule has 0 bridgehead atoms. The van der Waals surface area contributed by atoms with Crippen molar-refractivity contribution in [3.8, 4) is 0 Å². The Kier molecular flexibility index (Phi) is 4.72. The average molecular weight is 406 g/mol. The Balaban J connectivity index is 1.40. The van der Waals surface area contributed by atoms with E-state index in [-0.39, 0.29) is 17.5 Å². The molecule has 3 nitrogen and oxygen atoms in total. The van der Waals surface area contributed by atoms with Crippen LogP contribution in [0, 0.1) is 35.5 Å². The van der Waals surface area contributed by atoms with E-state index in [1.54, 1.807) is 12.5 Å². The van der Waals surface area contributed by atoms with Crippen LogP contribution >= 0.6 is 0 Å². The van der Waals surface area contributed by atoms with Gasteiger partial charge in [0.25, 0.3) is 0 Å². The van der Waals surface area contributed by atoms with Gasteiger partial charge < -0.3 is 4.74 Å². The maximum absolute atomic E-state index is 11.5. The first kappa shape index (κ1) is 20.0. The second-order valence-corrected chi connectivity index (χ2v) is 10.8. The molecule has 160 valence electrons. The van der Waals surface area contributed by atoms with Gasteiger partial charge in [0.05, 0.1) is 0 Å². The van der Waals surface area contributed by atoms with Crippen LogP contribution in [0.5, 0.6) is 0 Å². The first-order chi connectivity index (χ1) is 14.3. The van der Waals surface area contributed by atoms with E-state index in [1.807, 2.05) is 6.20 Å². The van der Waals surface area contributed by atoms with Gasteiger partial charge in [-0.3, -0.25) is 9.78 Å². The fraction of sp³-hybridized carbons (Fsp3) is 0.630. The van der Waals surface area contributed by atoms with Crippen LogP contribution in [0.4, 0.5) is 0 Å². The van der Waals surface area contributed by atoms with Gasteiger partial charge in [0, 0.05) is 24.7 Å². The molecule has 4 aliphatic rings. The SMILES string of the molecule is CC(=O)O[C@H]1CC[C@@]2(C)C(CCC3C4=CC=C(c5cnccc5C)[C@@]4(C)CCC32)C1. The summed E-state index contributed by atoms with van der Waals surface area (Å²) in [5.41, 5.74) is 6.35. The molecule has 30 heavy (non-hydrogen) atoms. The predicted molar refractivity (Wildman–Crippen MR) is 120 cm³/mol. The molecule has 5 rings (SSSR count). The molecular formula is C27H35NO2. The lowest BCUT2D eigenvalue weighted by Crippen LogP contribution is -2.51. The zero-order chi connectivity index (χ0) is 21.1. The number of carbonyl (C=O) groups excluding carboxylic acids is 1. The Morgan fingerprint density at radius 2 is 1.97 bits per heavy atom. The Hall–Kier alpha value is -1.90. The minimum atomic E-state index is -0.119. The minimum Gasteiger partial charge on any atom is -0.463 e. The zero-order valence-corrected chi connectivity index (χ0v) is 18.9. The molecule has 0 aliphatic heterocycles. The predicted octanol–water partition coefficient (Wildman–Crippen LogP) is 6.28. The molecule has 0 spiro atoms. The van der Waals surface area contributed by atoms with E-state index >= 15 is 0 Å². The highest BCUT2D eigenvalue weighted by atomic mass is 16.5. The maximum atomic E-state index is 11.5. The van der Waals surface area contributed by atoms with Gasteiger partial charge in [0.1, 0.15) is 6.10 Å². The third kappa shape index (κ3) is 2.92. The summed E-state index contributed by atoms with van der Waals surface area (Å²) in [5.74, 6) is 2.03. The number of carbonyl (C=O) groups is 1. The number of hydrogen-bond donors (Lipinski definition) is 0. The van der Waals surface area contributed by atoms with E-state index in [9.17, 15) is 4.79 Å². The first-order valence-corrected chi connectivity index (χ1v) is 11.8. The quantitative estimate of drug-likeness (QED) is 0.544. The lowest BCUT2D eigenvalue weighted by molar-refractivity contribution is -0.154. The summed E-state index contributed by atoms with van der Waals surface area (Å²) in [4.78, 5) is 15.9. The van der Waals surface area contributed by atoms with E-state index in [1.165, 1.54) is 48.8 Å². The van der Waals surface area contributed by atoms with E-state index in [4.69, 9.17) is 4.74 Å². The second-order valence-electron chi connectivity index (χ2n) is 10.8. The van der Waals surface area contributed by atoms with E-state index in [2.05, 4.69) is 50.2 Å². The number of hydrogen-bond acceptors (Lipinski definition) is 3. The summed E-state index contributed by atoms with van der Waals surface area (Å²) in [5, 5.41) is 0. The van der Waals surface area contributed by atoms with Crippen molar-refractivity contribution >= 4 is 11.5 Å². The number of nitrogens with zero attached hydrogens (tertiary/aromatic N) is 1. The largest absolute Gasteiger partial charge is 0.463 e. The molecule has 3 saturated carbocycles. The molecule has 3 fully saturated rings. The molecule has 6 atom stereocenters. The zero-order valence-electron chi connectivity index (χ0n) is 18.9. The van der Waals surface area contributed by atoms with E-state index in [0.717, 1.165) is 18.8 Å². The lowest BCUT2D eigenvalue weighted by Gasteiger charge is -2.59. The summed E-state index contributed by atoms with van der Waals surface area (Å²) in [6.45, 7) is 8.79. The number of aryl methyl sites for hydroxylation is 1. The fourth-order valence-electron chi connectivity index (χ4n) is 7.69. The number of esters is 1. The van der Waals surface area contributed by atoms with Gasteiger partial charge in [0.15, 0.2) is 0 Å². The van der Waals surface area contributed by atoms with Gasteiger partial charge in [-0.15, -0.1) is 0 Å². The van der Waals surface area contributed by atoms with Crippen LogP contribution in [-0.4, -0.2) is 17.1 Å². The van der Waals surface area contributed by atoms with Gasteiger partial charge in [-0.1, -0.05) is 31.6 Å². The highest BCUT2D eigenvalue weighted by Crippen LogP contribution is 2.66. The highest BCUT2D eigenvalue weighted by molar-refractivity contribution is 5.79. The number of ether oxygens (including phenoxy) is 1. The molecule has 0 N–H and O–H groups in total.